The number of ketones is 1. The summed E-state index contributed by atoms with van der Waals surface area (Å²) in [7, 11) is 0. The predicted octanol–water partition coefficient (Wildman–Crippen LogP) is 3.60. The zero-order valence-electron chi connectivity index (χ0n) is 12.9. The molecule has 0 spiro atoms. The van der Waals surface area contributed by atoms with E-state index in [2.05, 4.69) is 0 Å². The van der Waals surface area contributed by atoms with Crippen molar-refractivity contribution in [3.05, 3.63) is 40.8 Å². The van der Waals surface area contributed by atoms with Gasteiger partial charge in [0.15, 0.2) is 5.78 Å². The Morgan fingerprint density at radius 2 is 2.00 bits per heavy atom. The summed E-state index contributed by atoms with van der Waals surface area (Å²) < 4.78 is 11.8. The van der Waals surface area contributed by atoms with Crippen LogP contribution in [0.5, 0.6) is 0 Å². The largest absolute Gasteiger partial charge is 0.459 e. The first kappa shape index (κ1) is 15.9. The molecule has 4 nitrogen and oxygen atoms in total. The molecule has 0 saturated carbocycles. The smallest absolute Gasteiger partial charge is 0.342 e. The number of esters is 1. The number of hydrogen-bond donors (Lipinski definition) is 0. The van der Waals surface area contributed by atoms with Crippen LogP contribution in [0.15, 0.2) is 35.2 Å². The molecule has 2 heterocycles. The van der Waals surface area contributed by atoms with Crippen LogP contribution >= 0.6 is 11.3 Å². The van der Waals surface area contributed by atoms with E-state index in [0.29, 0.717) is 26.1 Å². The minimum Gasteiger partial charge on any atom is -0.459 e. The van der Waals surface area contributed by atoms with E-state index in [1.54, 1.807) is 17.4 Å². The Bertz CT molecular complexity index is 753. The fraction of sp³-hybridized carbons (Fsp3) is 0.333. The zero-order valence-corrected chi connectivity index (χ0v) is 13.7. The summed E-state index contributed by atoms with van der Waals surface area (Å²) in [6.45, 7) is 2.57. The van der Waals surface area contributed by atoms with Gasteiger partial charge in [0.1, 0.15) is 11.7 Å². The number of ether oxygens (including phenoxy) is 2. The van der Waals surface area contributed by atoms with E-state index >= 15 is 0 Å². The molecule has 1 fully saturated rings. The molecule has 0 N–H and O–H groups in total. The molecular formula is C18H18O4S. The Kier molecular flexibility index (Phi) is 4.88. The van der Waals surface area contributed by atoms with Crippen molar-refractivity contribution in [2.75, 3.05) is 13.2 Å². The monoisotopic (exact) mass is 330 g/mol. The molecular weight excluding hydrogens is 312 g/mol. The van der Waals surface area contributed by atoms with E-state index in [1.807, 2.05) is 29.6 Å². The van der Waals surface area contributed by atoms with Gasteiger partial charge >= 0.3 is 5.97 Å². The van der Waals surface area contributed by atoms with Gasteiger partial charge in [-0.25, -0.2) is 4.79 Å². The summed E-state index contributed by atoms with van der Waals surface area (Å²) >= 11 is 1.59. The van der Waals surface area contributed by atoms with Gasteiger partial charge in [0.2, 0.25) is 0 Å². The molecule has 23 heavy (non-hydrogen) atoms. The topological polar surface area (TPSA) is 52.6 Å². The Hall–Kier alpha value is -1.98. The number of hydrogen-bond acceptors (Lipinski definition) is 5. The maximum absolute atomic E-state index is 12.4. The first-order valence-electron chi connectivity index (χ1n) is 7.63. The standard InChI is InChI=1S/C18H18O4S/c1-12(19)16(18(20)22-14-6-8-21-9-7-14)10-13-11-23-17-5-3-2-4-15(13)17/h2-5,10-11,14H,6-9H2,1H3/b16-10-. The summed E-state index contributed by atoms with van der Waals surface area (Å²) in [5.41, 5.74) is 0.972. The second-order valence-electron chi connectivity index (χ2n) is 5.52. The van der Waals surface area contributed by atoms with E-state index < -0.39 is 5.97 Å². The average Bonchev–Trinajstić information content (AvgIpc) is 2.96. The second kappa shape index (κ2) is 7.06. The van der Waals surface area contributed by atoms with Crippen LogP contribution in [0.4, 0.5) is 0 Å². The lowest BCUT2D eigenvalue weighted by Gasteiger charge is -2.22. The summed E-state index contributed by atoms with van der Waals surface area (Å²) in [6, 6.07) is 7.92. The highest BCUT2D eigenvalue weighted by Gasteiger charge is 2.23. The van der Waals surface area contributed by atoms with Crippen LogP contribution in [0, 0.1) is 0 Å². The lowest BCUT2D eigenvalue weighted by atomic mass is 10.1. The molecule has 0 aliphatic carbocycles. The molecule has 1 aromatic carbocycles. The van der Waals surface area contributed by atoms with Crippen LogP contribution < -0.4 is 0 Å². The Morgan fingerprint density at radius 1 is 1.26 bits per heavy atom. The van der Waals surface area contributed by atoms with Gasteiger partial charge in [-0.3, -0.25) is 4.79 Å². The van der Waals surface area contributed by atoms with Crippen molar-refractivity contribution in [1.29, 1.82) is 0 Å². The number of carbonyl (C=O) groups excluding carboxylic acids is 2. The molecule has 0 amide bonds. The first-order valence-corrected chi connectivity index (χ1v) is 8.50. The van der Waals surface area contributed by atoms with Crippen molar-refractivity contribution in [2.24, 2.45) is 0 Å². The van der Waals surface area contributed by atoms with Gasteiger partial charge in [0.05, 0.1) is 13.2 Å². The van der Waals surface area contributed by atoms with Gasteiger partial charge in [0.25, 0.3) is 0 Å². The van der Waals surface area contributed by atoms with Crippen LogP contribution in [0.2, 0.25) is 0 Å². The van der Waals surface area contributed by atoms with Gasteiger partial charge < -0.3 is 9.47 Å². The van der Waals surface area contributed by atoms with E-state index in [9.17, 15) is 9.59 Å². The number of carbonyl (C=O) groups is 2. The van der Waals surface area contributed by atoms with Gasteiger partial charge in [-0.1, -0.05) is 18.2 Å². The summed E-state index contributed by atoms with van der Waals surface area (Å²) in [4.78, 5) is 24.3. The van der Waals surface area contributed by atoms with Crippen molar-refractivity contribution >= 4 is 39.3 Å². The SMILES string of the molecule is CC(=O)/C(=C/c1csc2ccccc12)C(=O)OC1CCOCC1. The number of rotatable bonds is 4. The highest BCUT2D eigenvalue weighted by atomic mass is 32.1. The Balaban J connectivity index is 1.85. The van der Waals surface area contributed by atoms with E-state index in [4.69, 9.17) is 9.47 Å². The van der Waals surface area contributed by atoms with Crippen LogP contribution in [-0.2, 0) is 19.1 Å². The van der Waals surface area contributed by atoms with Gasteiger partial charge in [-0.15, -0.1) is 11.3 Å². The molecule has 1 saturated heterocycles. The number of fused-ring (bicyclic) bond motifs is 1. The molecule has 0 bridgehead atoms. The van der Waals surface area contributed by atoms with Crippen molar-refractivity contribution < 1.29 is 19.1 Å². The molecule has 120 valence electrons. The highest BCUT2D eigenvalue weighted by Crippen LogP contribution is 2.28. The molecule has 1 aromatic heterocycles. The third-order valence-electron chi connectivity index (χ3n) is 3.85. The maximum atomic E-state index is 12.4. The fourth-order valence-electron chi connectivity index (χ4n) is 2.58. The van der Waals surface area contributed by atoms with Crippen molar-refractivity contribution in [1.82, 2.24) is 0 Å². The molecule has 5 heteroatoms. The Morgan fingerprint density at radius 3 is 2.74 bits per heavy atom. The van der Waals surface area contributed by atoms with Gasteiger partial charge in [0, 0.05) is 17.5 Å². The molecule has 0 radical (unpaired) electrons. The minimum absolute atomic E-state index is 0.0973. The third kappa shape index (κ3) is 3.68. The number of thiophene rings is 1. The molecule has 1 aliphatic heterocycles. The lowest BCUT2D eigenvalue weighted by Crippen LogP contribution is -2.27. The van der Waals surface area contributed by atoms with Crippen LogP contribution in [0.25, 0.3) is 16.2 Å². The second-order valence-corrected chi connectivity index (χ2v) is 6.43. The van der Waals surface area contributed by atoms with Crippen molar-refractivity contribution in [3.63, 3.8) is 0 Å². The normalized spacial score (nSPS) is 16.5. The van der Waals surface area contributed by atoms with Crippen molar-refractivity contribution in [2.45, 2.75) is 25.9 Å². The van der Waals surface area contributed by atoms with E-state index in [0.717, 1.165) is 15.6 Å². The fourth-order valence-corrected chi connectivity index (χ4v) is 3.50. The molecule has 1 aliphatic rings. The maximum Gasteiger partial charge on any atom is 0.342 e. The quantitative estimate of drug-likeness (QED) is 0.372. The number of Topliss-reactive ketones (excluding diaryl/α,β-unsaturated/α-hetero) is 1. The summed E-state index contributed by atoms with van der Waals surface area (Å²) in [5, 5.41) is 2.99. The van der Waals surface area contributed by atoms with Crippen LogP contribution in [-0.4, -0.2) is 31.1 Å². The summed E-state index contributed by atoms with van der Waals surface area (Å²) in [5.74, 6) is -0.822. The average molecular weight is 330 g/mol. The zero-order chi connectivity index (χ0) is 16.2. The van der Waals surface area contributed by atoms with Gasteiger partial charge in [-0.2, -0.15) is 0 Å². The summed E-state index contributed by atoms with van der Waals surface area (Å²) in [6.07, 6.45) is 2.83. The molecule has 2 aromatic rings. The van der Waals surface area contributed by atoms with E-state index in [1.165, 1.54) is 6.92 Å². The van der Waals surface area contributed by atoms with E-state index in [-0.39, 0.29) is 17.5 Å². The highest BCUT2D eigenvalue weighted by molar-refractivity contribution is 7.17. The predicted molar refractivity (Wildman–Crippen MR) is 90.4 cm³/mol. The molecule has 0 unspecified atom stereocenters. The Labute approximate surface area is 138 Å². The van der Waals surface area contributed by atoms with Gasteiger partial charge in [-0.05, 0) is 35.4 Å². The minimum atomic E-state index is -0.542. The van der Waals surface area contributed by atoms with Crippen LogP contribution in [0.3, 0.4) is 0 Å². The first-order chi connectivity index (χ1) is 11.1. The molecule has 0 atom stereocenters. The lowest BCUT2D eigenvalue weighted by molar-refractivity contribution is -0.149. The van der Waals surface area contributed by atoms with Crippen LogP contribution in [0.1, 0.15) is 25.3 Å². The molecule has 3 rings (SSSR count). The third-order valence-corrected chi connectivity index (χ3v) is 4.83. The number of benzene rings is 1. The van der Waals surface area contributed by atoms with Crippen molar-refractivity contribution in [3.8, 4) is 0 Å².